The third kappa shape index (κ3) is 2.11. The molecule has 2 aromatic rings. The Morgan fingerprint density at radius 2 is 2.32 bits per heavy atom. The molecule has 0 spiro atoms. The molecule has 1 aromatic heterocycles. The van der Waals surface area contributed by atoms with Crippen LogP contribution in [0.4, 0.5) is 0 Å². The fraction of sp³-hybridized carbons (Fsp3) is 0.231. The molecule has 19 heavy (non-hydrogen) atoms. The number of carboxylic acid groups (broad SMARTS) is 1. The van der Waals surface area contributed by atoms with Gasteiger partial charge in [0.25, 0.3) is 0 Å². The second-order valence-corrected chi connectivity index (χ2v) is 4.31. The standard InChI is InChI=1S/C13H10NO4.Y/c1-7-6-18-10-4-2-3-8-11(10)14(7)5-9(12(8)15)13(16)17;/h2-3,5,7H,6H2,1H3,(H,16,17);/q-1;. The van der Waals surface area contributed by atoms with E-state index in [1.165, 1.54) is 6.20 Å². The van der Waals surface area contributed by atoms with E-state index in [1.807, 2.05) is 6.92 Å². The molecular formula is C13H10NO4Y-. The minimum atomic E-state index is -1.21. The first kappa shape index (κ1) is 14.2. The van der Waals surface area contributed by atoms with E-state index in [1.54, 1.807) is 16.7 Å². The molecule has 1 aliphatic rings. The van der Waals surface area contributed by atoms with Crippen LogP contribution in [0.3, 0.4) is 0 Å². The van der Waals surface area contributed by atoms with Crippen molar-refractivity contribution < 1.29 is 47.3 Å². The molecule has 0 saturated carbocycles. The Labute approximate surface area is 134 Å². The SMILES string of the molecule is CC1COc2[c-]ccc3c(=O)c(C(=O)O)cn1c23.[Y]. The van der Waals surface area contributed by atoms with Crippen LogP contribution in [-0.4, -0.2) is 22.2 Å². The van der Waals surface area contributed by atoms with Crippen LogP contribution < -0.4 is 10.2 Å². The summed E-state index contributed by atoms with van der Waals surface area (Å²) in [5.41, 5.74) is -0.0821. The summed E-state index contributed by atoms with van der Waals surface area (Å²) in [6.45, 7) is 2.34. The number of rotatable bonds is 1. The van der Waals surface area contributed by atoms with Crippen molar-refractivity contribution in [3.05, 3.63) is 40.2 Å². The molecule has 95 valence electrons. The first-order valence-electron chi connectivity index (χ1n) is 5.55. The zero-order valence-electron chi connectivity index (χ0n) is 10.2. The molecule has 0 bridgehead atoms. The fourth-order valence-electron chi connectivity index (χ4n) is 2.21. The van der Waals surface area contributed by atoms with Gasteiger partial charge in [-0.1, -0.05) is 5.39 Å². The summed E-state index contributed by atoms with van der Waals surface area (Å²) < 4.78 is 7.27. The Hall–Kier alpha value is -1.20. The molecule has 0 aliphatic carbocycles. The van der Waals surface area contributed by atoms with Crippen LogP contribution in [0.2, 0.25) is 0 Å². The van der Waals surface area contributed by atoms with Gasteiger partial charge in [0.15, 0.2) is 5.43 Å². The number of hydrogen-bond donors (Lipinski definition) is 1. The van der Waals surface area contributed by atoms with Gasteiger partial charge in [0.1, 0.15) is 12.2 Å². The molecule has 1 N–H and O–H groups in total. The van der Waals surface area contributed by atoms with Crippen LogP contribution in [0.5, 0.6) is 5.75 Å². The number of ether oxygens (including phenoxy) is 1. The molecule has 0 amide bonds. The van der Waals surface area contributed by atoms with Gasteiger partial charge in [-0.15, -0.1) is 6.07 Å². The topological polar surface area (TPSA) is 68.5 Å². The first-order chi connectivity index (χ1) is 8.59. The molecule has 0 fully saturated rings. The van der Waals surface area contributed by atoms with E-state index < -0.39 is 11.4 Å². The predicted octanol–water partition coefficient (Wildman–Crippen LogP) is 1.45. The van der Waals surface area contributed by atoms with Crippen molar-refractivity contribution in [2.24, 2.45) is 0 Å². The van der Waals surface area contributed by atoms with Gasteiger partial charge in [-0.05, 0) is 12.4 Å². The molecule has 1 atom stereocenters. The average Bonchev–Trinajstić information content (AvgIpc) is 2.35. The third-order valence-electron chi connectivity index (χ3n) is 3.12. The van der Waals surface area contributed by atoms with Crippen molar-refractivity contribution in [3.63, 3.8) is 0 Å². The smallest absolute Gasteiger partial charge is 0.341 e. The fourth-order valence-corrected chi connectivity index (χ4v) is 2.21. The summed E-state index contributed by atoms with van der Waals surface area (Å²) in [5, 5.41) is 9.42. The first-order valence-corrected chi connectivity index (χ1v) is 5.55. The Morgan fingerprint density at radius 3 is 3.00 bits per heavy atom. The Morgan fingerprint density at radius 1 is 1.58 bits per heavy atom. The van der Waals surface area contributed by atoms with Gasteiger partial charge >= 0.3 is 5.97 Å². The summed E-state index contributed by atoms with van der Waals surface area (Å²) in [6.07, 6.45) is 1.39. The van der Waals surface area contributed by atoms with Crippen LogP contribution in [0.1, 0.15) is 23.3 Å². The van der Waals surface area contributed by atoms with Gasteiger partial charge in [0, 0.05) is 44.7 Å². The van der Waals surface area contributed by atoms with E-state index in [-0.39, 0.29) is 44.3 Å². The Balaban J connectivity index is 0.00000133. The molecular weight excluding hydrogens is 323 g/mol. The van der Waals surface area contributed by atoms with Crippen molar-refractivity contribution >= 4 is 16.9 Å². The largest absolute Gasteiger partial charge is 0.515 e. The molecule has 6 heteroatoms. The maximum atomic E-state index is 12.1. The van der Waals surface area contributed by atoms with Crippen molar-refractivity contribution in [1.82, 2.24) is 4.57 Å². The molecule has 0 saturated heterocycles. The molecule has 5 nitrogen and oxygen atoms in total. The van der Waals surface area contributed by atoms with Gasteiger partial charge < -0.3 is 14.4 Å². The van der Waals surface area contributed by atoms with Crippen LogP contribution in [-0.2, 0) is 32.7 Å². The van der Waals surface area contributed by atoms with Crippen molar-refractivity contribution in [1.29, 1.82) is 0 Å². The Kier molecular flexibility index (Phi) is 3.79. The number of aromatic nitrogens is 1. The van der Waals surface area contributed by atoms with Gasteiger partial charge in [0.2, 0.25) is 0 Å². The summed E-state index contributed by atoms with van der Waals surface area (Å²) >= 11 is 0. The molecule has 1 aliphatic heterocycles. The van der Waals surface area contributed by atoms with E-state index in [0.29, 0.717) is 23.3 Å². The maximum absolute atomic E-state index is 12.1. The van der Waals surface area contributed by atoms with Gasteiger partial charge in [-0.25, -0.2) is 4.79 Å². The Bertz CT molecular complexity index is 722. The zero-order chi connectivity index (χ0) is 12.9. The van der Waals surface area contributed by atoms with E-state index in [0.717, 1.165) is 0 Å². The minimum absolute atomic E-state index is 0. The molecule has 1 unspecified atom stereocenters. The van der Waals surface area contributed by atoms with Crippen LogP contribution >= 0.6 is 0 Å². The minimum Gasteiger partial charge on any atom is -0.515 e. The van der Waals surface area contributed by atoms with Crippen molar-refractivity contribution in [2.75, 3.05) is 6.61 Å². The number of nitrogens with zero attached hydrogens (tertiary/aromatic N) is 1. The molecule has 3 rings (SSSR count). The molecule has 2 heterocycles. The number of aromatic carboxylic acids is 1. The van der Waals surface area contributed by atoms with E-state index in [9.17, 15) is 9.59 Å². The normalized spacial score (nSPS) is 16.6. The second kappa shape index (κ2) is 5.06. The van der Waals surface area contributed by atoms with Crippen molar-refractivity contribution in [2.45, 2.75) is 13.0 Å². The number of pyridine rings is 1. The van der Waals surface area contributed by atoms with Gasteiger partial charge in [-0.2, -0.15) is 12.1 Å². The number of carboxylic acids is 1. The van der Waals surface area contributed by atoms with Crippen LogP contribution in [0.15, 0.2) is 23.1 Å². The van der Waals surface area contributed by atoms with E-state index in [2.05, 4.69) is 6.07 Å². The quantitative estimate of drug-likeness (QED) is 0.802. The van der Waals surface area contributed by atoms with Crippen LogP contribution in [0, 0.1) is 6.07 Å². The average molecular weight is 333 g/mol. The number of carbonyl (C=O) groups is 1. The summed E-state index contributed by atoms with van der Waals surface area (Å²) in [7, 11) is 0. The van der Waals surface area contributed by atoms with Crippen LogP contribution in [0.25, 0.3) is 10.9 Å². The summed E-state index contributed by atoms with van der Waals surface area (Å²) in [5.74, 6) is -0.710. The molecule has 1 aromatic carbocycles. The zero-order valence-corrected chi connectivity index (χ0v) is 13.1. The number of benzene rings is 1. The molecule has 1 radical (unpaired) electrons. The third-order valence-corrected chi connectivity index (χ3v) is 3.12. The van der Waals surface area contributed by atoms with Gasteiger partial charge in [-0.3, -0.25) is 4.79 Å². The van der Waals surface area contributed by atoms with E-state index >= 15 is 0 Å². The van der Waals surface area contributed by atoms with E-state index in [4.69, 9.17) is 9.84 Å². The summed E-state index contributed by atoms with van der Waals surface area (Å²) in [6, 6.07) is 6.05. The number of hydrogen-bond acceptors (Lipinski definition) is 3. The predicted molar refractivity (Wildman–Crippen MR) is 64.2 cm³/mol. The summed E-state index contributed by atoms with van der Waals surface area (Å²) in [4.78, 5) is 23.1. The monoisotopic (exact) mass is 333 g/mol. The maximum Gasteiger partial charge on any atom is 0.341 e. The van der Waals surface area contributed by atoms with Gasteiger partial charge in [0.05, 0.1) is 6.04 Å². The van der Waals surface area contributed by atoms with Crippen molar-refractivity contribution in [3.8, 4) is 5.75 Å². The second-order valence-electron chi connectivity index (χ2n) is 4.31.